The summed E-state index contributed by atoms with van der Waals surface area (Å²) in [6.45, 7) is 5.78. The van der Waals surface area contributed by atoms with E-state index < -0.39 is 10.0 Å². The van der Waals surface area contributed by atoms with Crippen molar-refractivity contribution < 1.29 is 12.9 Å². The minimum atomic E-state index is -3.50. The van der Waals surface area contributed by atoms with E-state index >= 15 is 0 Å². The van der Waals surface area contributed by atoms with Crippen molar-refractivity contribution in [3.63, 3.8) is 0 Å². The Kier molecular flexibility index (Phi) is 5.81. The zero-order chi connectivity index (χ0) is 13.8. The summed E-state index contributed by atoms with van der Waals surface area (Å²) in [5.74, 6) is 0.877. The van der Waals surface area contributed by atoms with E-state index in [0.29, 0.717) is 23.9 Å². The largest absolute Gasteiger partial charge is 0.360 e. The molecule has 1 heterocycles. The van der Waals surface area contributed by atoms with Gasteiger partial charge in [-0.25, -0.2) is 13.1 Å². The highest BCUT2D eigenvalue weighted by Crippen LogP contribution is 2.18. The van der Waals surface area contributed by atoms with Crippen LogP contribution in [0.3, 0.4) is 0 Å². The Morgan fingerprint density at radius 2 is 2.11 bits per heavy atom. The van der Waals surface area contributed by atoms with Crippen LogP contribution in [0.25, 0.3) is 0 Å². The molecule has 1 unspecified atom stereocenters. The molecule has 18 heavy (non-hydrogen) atoms. The molecule has 1 N–H and O–H groups in total. The van der Waals surface area contributed by atoms with Gasteiger partial charge in [-0.1, -0.05) is 28.0 Å². The third-order valence-electron chi connectivity index (χ3n) is 2.67. The van der Waals surface area contributed by atoms with E-state index in [0.717, 1.165) is 18.2 Å². The molecule has 104 valence electrons. The summed E-state index contributed by atoms with van der Waals surface area (Å²) in [5, 5.41) is 4.59. The number of nitrogens with zero attached hydrogens (tertiary/aromatic N) is 1. The predicted molar refractivity (Wildman–Crippen MR) is 73.4 cm³/mol. The summed E-state index contributed by atoms with van der Waals surface area (Å²) in [6, 6.07) is 0. The van der Waals surface area contributed by atoms with Gasteiger partial charge in [0.15, 0.2) is 5.76 Å². The van der Waals surface area contributed by atoms with Gasteiger partial charge < -0.3 is 4.52 Å². The van der Waals surface area contributed by atoms with Crippen LogP contribution in [0, 0.1) is 19.8 Å². The fourth-order valence-electron chi connectivity index (χ4n) is 1.66. The van der Waals surface area contributed by atoms with E-state index in [1.54, 1.807) is 13.8 Å². The number of aromatic nitrogens is 1. The average Bonchev–Trinajstić information content (AvgIpc) is 2.64. The zero-order valence-electron chi connectivity index (χ0n) is 10.9. The van der Waals surface area contributed by atoms with Crippen molar-refractivity contribution in [3.05, 3.63) is 11.5 Å². The average molecular weight is 339 g/mol. The Morgan fingerprint density at radius 3 is 2.61 bits per heavy atom. The standard InChI is InChI=1S/C11H19BrN2O3S/c1-8(7-12)5-4-6-13-18(15,16)11-9(2)14-17-10(11)3/h8,13H,4-7H2,1-3H3. The molecule has 5 nitrogen and oxygen atoms in total. The number of halogens is 1. The van der Waals surface area contributed by atoms with Gasteiger partial charge in [-0.3, -0.25) is 0 Å². The van der Waals surface area contributed by atoms with Gasteiger partial charge in [0.25, 0.3) is 0 Å². The van der Waals surface area contributed by atoms with Crippen molar-refractivity contribution in [2.45, 2.75) is 38.5 Å². The summed E-state index contributed by atoms with van der Waals surface area (Å²) in [4.78, 5) is 0.163. The molecule has 0 radical (unpaired) electrons. The van der Waals surface area contributed by atoms with E-state index in [4.69, 9.17) is 4.52 Å². The number of sulfonamides is 1. The minimum Gasteiger partial charge on any atom is -0.360 e. The normalized spacial score (nSPS) is 13.8. The van der Waals surface area contributed by atoms with Crippen LogP contribution in [-0.4, -0.2) is 25.4 Å². The Bertz CT molecular complexity index is 465. The molecule has 0 aliphatic carbocycles. The maximum Gasteiger partial charge on any atom is 0.245 e. The summed E-state index contributed by atoms with van der Waals surface area (Å²) < 4.78 is 31.5. The number of nitrogens with one attached hydrogen (secondary N) is 1. The van der Waals surface area contributed by atoms with E-state index in [1.165, 1.54) is 0 Å². The molecule has 0 bridgehead atoms. The van der Waals surface area contributed by atoms with E-state index in [-0.39, 0.29) is 4.90 Å². The monoisotopic (exact) mass is 338 g/mol. The predicted octanol–water partition coefficient (Wildman–Crippen LogP) is 2.38. The Hall–Kier alpha value is -0.400. The molecule has 0 spiro atoms. The lowest BCUT2D eigenvalue weighted by Gasteiger charge is -2.08. The van der Waals surface area contributed by atoms with E-state index in [2.05, 4.69) is 32.7 Å². The van der Waals surface area contributed by atoms with Crippen LogP contribution >= 0.6 is 15.9 Å². The number of rotatable bonds is 7. The topological polar surface area (TPSA) is 72.2 Å². The molecule has 1 atom stereocenters. The minimum absolute atomic E-state index is 0.163. The van der Waals surface area contributed by atoms with Crippen LogP contribution in [0.15, 0.2) is 9.42 Å². The highest BCUT2D eigenvalue weighted by atomic mass is 79.9. The second-order valence-electron chi connectivity index (χ2n) is 4.45. The number of alkyl halides is 1. The SMILES string of the molecule is Cc1noc(C)c1S(=O)(=O)NCCCC(C)CBr. The maximum absolute atomic E-state index is 12.0. The molecule has 1 aromatic rings. The lowest BCUT2D eigenvalue weighted by atomic mass is 10.1. The smallest absolute Gasteiger partial charge is 0.245 e. The van der Waals surface area contributed by atoms with Crippen molar-refractivity contribution in [2.75, 3.05) is 11.9 Å². The van der Waals surface area contributed by atoms with Crippen molar-refractivity contribution in [1.82, 2.24) is 9.88 Å². The van der Waals surface area contributed by atoms with Crippen molar-refractivity contribution >= 4 is 26.0 Å². The summed E-state index contributed by atoms with van der Waals surface area (Å²) >= 11 is 3.40. The van der Waals surface area contributed by atoms with Crippen LogP contribution in [0.4, 0.5) is 0 Å². The second-order valence-corrected chi connectivity index (χ2v) is 6.80. The first-order valence-electron chi connectivity index (χ1n) is 5.87. The molecular weight excluding hydrogens is 320 g/mol. The lowest BCUT2D eigenvalue weighted by molar-refractivity contribution is 0.390. The van der Waals surface area contributed by atoms with Crippen molar-refractivity contribution in [3.8, 4) is 0 Å². The number of aryl methyl sites for hydroxylation is 2. The van der Waals surface area contributed by atoms with Gasteiger partial charge in [-0.15, -0.1) is 0 Å². The molecule has 0 amide bonds. The zero-order valence-corrected chi connectivity index (χ0v) is 13.3. The third kappa shape index (κ3) is 4.07. The van der Waals surface area contributed by atoms with Crippen LogP contribution in [0.5, 0.6) is 0 Å². The molecule has 1 rings (SSSR count). The Balaban J connectivity index is 2.56. The van der Waals surface area contributed by atoms with Gasteiger partial charge in [0.1, 0.15) is 10.6 Å². The van der Waals surface area contributed by atoms with Crippen molar-refractivity contribution in [2.24, 2.45) is 5.92 Å². The van der Waals surface area contributed by atoms with Gasteiger partial charge in [-0.05, 0) is 32.6 Å². The van der Waals surface area contributed by atoms with Crippen LogP contribution in [0.1, 0.15) is 31.2 Å². The van der Waals surface area contributed by atoms with Gasteiger partial charge in [-0.2, -0.15) is 0 Å². The van der Waals surface area contributed by atoms with Crippen LogP contribution in [-0.2, 0) is 10.0 Å². The summed E-state index contributed by atoms with van der Waals surface area (Å²) in [7, 11) is -3.50. The van der Waals surface area contributed by atoms with Crippen molar-refractivity contribution in [1.29, 1.82) is 0 Å². The van der Waals surface area contributed by atoms with Crippen LogP contribution < -0.4 is 4.72 Å². The maximum atomic E-state index is 12.0. The highest BCUT2D eigenvalue weighted by molar-refractivity contribution is 9.09. The molecule has 0 saturated heterocycles. The van der Waals surface area contributed by atoms with Gasteiger partial charge in [0.2, 0.25) is 10.0 Å². The summed E-state index contributed by atoms with van der Waals surface area (Å²) in [6.07, 6.45) is 1.80. The molecule has 0 fully saturated rings. The fraction of sp³-hybridized carbons (Fsp3) is 0.727. The molecule has 1 aromatic heterocycles. The molecular formula is C11H19BrN2O3S. The Morgan fingerprint density at radius 1 is 1.44 bits per heavy atom. The first kappa shape index (κ1) is 15.7. The molecule has 0 saturated carbocycles. The van der Waals surface area contributed by atoms with Gasteiger partial charge >= 0.3 is 0 Å². The molecule has 0 aliphatic rings. The quantitative estimate of drug-likeness (QED) is 0.612. The first-order chi connectivity index (χ1) is 8.38. The van der Waals surface area contributed by atoms with Gasteiger partial charge in [0, 0.05) is 11.9 Å². The molecule has 0 aliphatic heterocycles. The fourth-order valence-corrected chi connectivity index (χ4v) is 3.39. The first-order valence-corrected chi connectivity index (χ1v) is 8.47. The summed E-state index contributed by atoms with van der Waals surface area (Å²) in [5.41, 5.74) is 0.397. The third-order valence-corrected chi connectivity index (χ3v) is 5.48. The lowest BCUT2D eigenvalue weighted by Crippen LogP contribution is -2.26. The Labute approximate surface area is 116 Å². The second kappa shape index (κ2) is 6.68. The number of hydrogen-bond acceptors (Lipinski definition) is 4. The van der Waals surface area contributed by atoms with Crippen LogP contribution in [0.2, 0.25) is 0 Å². The molecule has 7 heteroatoms. The highest BCUT2D eigenvalue weighted by Gasteiger charge is 2.23. The molecule has 0 aromatic carbocycles. The number of hydrogen-bond donors (Lipinski definition) is 1. The van der Waals surface area contributed by atoms with E-state index in [1.807, 2.05) is 0 Å². The van der Waals surface area contributed by atoms with E-state index in [9.17, 15) is 8.42 Å². The van der Waals surface area contributed by atoms with Gasteiger partial charge in [0.05, 0.1) is 0 Å².